The van der Waals surface area contributed by atoms with Crippen LogP contribution in [0.3, 0.4) is 0 Å². The van der Waals surface area contributed by atoms with Gasteiger partial charge in [0.2, 0.25) is 0 Å². The number of anilines is 1. The molecule has 3 rings (SSSR count). The Labute approximate surface area is 251 Å². The number of nitrogens with one attached hydrogen (secondary N) is 2. The monoisotopic (exact) mass is 628 g/mol. The lowest BCUT2D eigenvalue weighted by atomic mass is 9.93. The minimum atomic E-state index is -1.24. The number of fused-ring (bicyclic) bond motifs is 1. The molecule has 0 amide bonds. The van der Waals surface area contributed by atoms with Crippen molar-refractivity contribution in [3.8, 4) is 11.5 Å². The SMILES string of the molecule is CC(C)OCC(C)(CO)CNC(=S)Nc1cc(F)c(Oc2ccnc3c2c(Cl)cn3COCC[Si](C)(C)C)c(F)c1. The number of thiocarbonyl (C=S) groups is 1. The maximum absolute atomic E-state index is 15.1. The molecule has 0 spiro atoms. The van der Waals surface area contributed by atoms with Crippen LogP contribution >= 0.6 is 23.8 Å². The van der Waals surface area contributed by atoms with Gasteiger partial charge in [0.15, 0.2) is 22.5 Å². The van der Waals surface area contributed by atoms with Crippen LogP contribution in [0.2, 0.25) is 30.7 Å². The topological polar surface area (TPSA) is 89.8 Å². The number of aliphatic hydroxyl groups excluding tert-OH is 1. The Hall–Kier alpha value is -2.35. The van der Waals surface area contributed by atoms with E-state index in [9.17, 15) is 5.11 Å². The summed E-state index contributed by atoms with van der Waals surface area (Å²) in [7, 11) is -1.24. The van der Waals surface area contributed by atoms with Crippen LogP contribution in [0.4, 0.5) is 14.5 Å². The van der Waals surface area contributed by atoms with Crippen molar-refractivity contribution in [1.29, 1.82) is 0 Å². The number of halogens is 3. The van der Waals surface area contributed by atoms with E-state index in [1.165, 1.54) is 12.3 Å². The molecule has 2 heterocycles. The molecule has 1 atom stereocenters. The molecule has 0 aliphatic heterocycles. The molecule has 1 aromatic carbocycles. The first kappa shape index (κ1) is 33.2. The highest BCUT2D eigenvalue weighted by molar-refractivity contribution is 7.80. The van der Waals surface area contributed by atoms with Crippen LogP contribution in [0, 0.1) is 17.0 Å². The molecule has 13 heteroatoms. The Morgan fingerprint density at radius 1 is 1.24 bits per heavy atom. The molecule has 3 N–H and O–H groups in total. The zero-order valence-electron chi connectivity index (χ0n) is 24.3. The number of hydrogen-bond acceptors (Lipinski definition) is 6. The van der Waals surface area contributed by atoms with Gasteiger partial charge in [-0.15, -0.1) is 0 Å². The average Bonchev–Trinajstić information content (AvgIpc) is 3.22. The fraction of sp³-hybridized carbons (Fsp3) is 0.500. The fourth-order valence-electron chi connectivity index (χ4n) is 3.69. The Bertz CT molecular complexity index is 1330. The van der Waals surface area contributed by atoms with Gasteiger partial charge in [0.05, 0.1) is 29.7 Å². The molecule has 226 valence electrons. The van der Waals surface area contributed by atoms with Crippen molar-refractivity contribution in [1.82, 2.24) is 14.9 Å². The van der Waals surface area contributed by atoms with Gasteiger partial charge < -0.3 is 34.5 Å². The van der Waals surface area contributed by atoms with Gasteiger partial charge in [-0.25, -0.2) is 13.8 Å². The van der Waals surface area contributed by atoms with Crippen molar-refractivity contribution in [3.63, 3.8) is 0 Å². The first-order chi connectivity index (χ1) is 19.2. The molecule has 41 heavy (non-hydrogen) atoms. The van der Waals surface area contributed by atoms with Gasteiger partial charge in [-0.2, -0.15) is 0 Å². The van der Waals surface area contributed by atoms with Gasteiger partial charge in [-0.05, 0) is 38.2 Å². The second kappa shape index (κ2) is 14.2. The predicted octanol–water partition coefficient (Wildman–Crippen LogP) is 6.78. The number of rotatable bonds is 14. The maximum Gasteiger partial charge on any atom is 0.198 e. The highest BCUT2D eigenvalue weighted by Gasteiger charge is 2.25. The van der Waals surface area contributed by atoms with Crippen LogP contribution in [0.15, 0.2) is 30.6 Å². The highest BCUT2D eigenvalue weighted by atomic mass is 35.5. The van der Waals surface area contributed by atoms with Crippen molar-refractivity contribution in [2.24, 2.45) is 5.41 Å². The largest absolute Gasteiger partial charge is 0.450 e. The van der Waals surface area contributed by atoms with Gasteiger partial charge in [0.25, 0.3) is 0 Å². The summed E-state index contributed by atoms with van der Waals surface area (Å²) in [5, 5.41) is 16.4. The third-order valence-electron chi connectivity index (χ3n) is 6.19. The number of aliphatic hydroxyl groups is 1. The van der Waals surface area contributed by atoms with Gasteiger partial charge in [-0.3, -0.25) is 0 Å². The summed E-state index contributed by atoms with van der Waals surface area (Å²) in [4.78, 5) is 4.37. The number of aromatic nitrogens is 2. The lowest BCUT2D eigenvalue weighted by molar-refractivity contribution is -0.00872. The van der Waals surface area contributed by atoms with Crippen molar-refractivity contribution in [2.75, 3.05) is 31.7 Å². The van der Waals surface area contributed by atoms with E-state index in [1.54, 1.807) is 10.8 Å². The van der Waals surface area contributed by atoms with Crippen LogP contribution < -0.4 is 15.4 Å². The third kappa shape index (κ3) is 9.58. The normalized spacial score (nSPS) is 13.4. The summed E-state index contributed by atoms with van der Waals surface area (Å²) in [5.74, 6) is -2.30. The van der Waals surface area contributed by atoms with Crippen molar-refractivity contribution >= 4 is 53.7 Å². The highest BCUT2D eigenvalue weighted by Crippen LogP contribution is 2.37. The van der Waals surface area contributed by atoms with E-state index in [4.69, 9.17) is 38.0 Å². The van der Waals surface area contributed by atoms with E-state index in [-0.39, 0.29) is 42.5 Å². The van der Waals surface area contributed by atoms with Crippen molar-refractivity contribution in [3.05, 3.63) is 47.2 Å². The number of ether oxygens (including phenoxy) is 3. The van der Waals surface area contributed by atoms with Crippen LogP contribution in [0.5, 0.6) is 11.5 Å². The van der Waals surface area contributed by atoms with Gasteiger partial charge in [0.1, 0.15) is 18.1 Å². The lowest BCUT2D eigenvalue weighted by Crippen LogP contribution is -2.43. The second-order valence-electron chi connectivity index (χ2n) is 11.8. The van der Waals surface area contributed by atoms with E-state index in [0.29, 0.717) is 29.3 Å². The standard InChI is InChI=1S/C28H39ClF2N4O4SSi/c1-18(2)38-16-28(3,15-36)14-33-27(40)34-19-11-21(30)25(22(31)12-19)39-23-7-8-32-26-24(23)20(29)13-35(26)17-37-9-10-41(4,5)6/h7-8,11-13,18,36H,9-10,14-17H2,1-6H3,(H2,33,34,40). The zero-order chi connectivity index (χ0) is 30.4. The number of pyridine rings is 1. The van der Waals surface area contributed by atoms with Crippen molar-refractivity contribution < 1.29 is 28.1 Å². The molecular weight excluding hydrogens is 590 g/mol. The summed E-state index contributed by atoms with van der Waals surface area (Å²) in [6, 6.07) is 4.67. The minimum absolute atomic E-state index is 0.00969. The van der Waals surface area contributed by atoms with E-state index in [1.807, 2.05) is 20.8 Å². The number of benzene rings is 1. The Morgan fingerprint density at radius 3 is 2.54 bits per heavy atom. The predicted molar refractivity (Wildman–Crippen MR) is 166 cm³/mol. The minimum Gasteiger partial charge on any atom is -0.450 e. The quantitative estimate of drug-likeness (QED) is 0.102. The number of nitrogens with zero attached hydrogens (tertiary/aromatic N) is 2. The summed E-state index contributed by atoms with van der Waals surface area (Å²) in [6.07, 6.45) is 3.15. The molecule has 0 fully saturated rings. The average molecular weight is 629 g/mol. The van der Waals surface area contributed by atoms with Gasteiger partial charge in [-0.1, -0.05) is 38.2 Å². The smallest absolute Gasteiger partial charge is 0.198 e. The number of hydrogen-bond donors (Lipinski definition) is 3. The molecule has 0 bridgehead atoms. The lowest BCUT2D eigenvalue weighted by Gasteiger charge is -2.29. The Balaban J connectivity index is 1.70. The van der Waals surface area contributed by atoms with Crippen LogP contribution in [0.1, 0.15) is 20.8 Å². The maximum atomic E-state index is 15.1. The first-order valence-electron chi connectivity index (χ1n) is 13.4. The van der Waals surface area contributed by atoms with Crippen LogP contribution in [-0.4, -0.2) is 60.3 Å². The molecule has 0 aliphatic carbocycles. The molecule has 3 aromatic rings. The van der Waals surface area contributed by atoms with Crippen LogP contribution in [-0.2, 0) is 16.2 Å². The van der Waals surface area contributed by atoms with E-state index in [2.05, 4.69) is 35.3 Å². The molecule has 2 aromatic heterocycles. The fourth-order valence-corrected chi connectivity index (χ4v) is 4.93. The molecular formula is C28H39ClF2N4O4SSi. The molecule has 8 nitrogen and oxygen atoms in total. The zero-order valence-corrected chi connectivity index (χ0v) is 26.9. The summed E-state index contributed by atoms with van der Waals surface area (Å²) >= 11 is 11.8. The summed E-state index contributed by atoms with van der Waals surface area (Å²) < 4.78 is 49.0. The Morgan fingerprint density at radius 2 is 1.93 bits per heavy atom. The van der Waals surface area contributed by atoms with Gasteiger partial charge >= 0.3 is 0 Å². The summed E-state index contributed by atoms with van der Waals surface area (Å²) in [5.41, 5.74) is -0.0290. The molecule has 0 aliphatic rings. The molecule has 0 saturated heterocycles. The second-order valence-corrected chi connectivity index (χ2v) is 18.2. The van der Waals surface area contributed by atoms with Crippen molar-refractivity contribution in [2.45, 2.75) is 59.3 Å². The van der Waals surface area contributed by atoms with E-state index >= 15 is 8.78 Å². The molecule has 0 saturated carbocycles. The Kier molecular flexibility index (Phi) is 11.5. The van der Waals surface area contributed by atoms with Gasteiger partial charge in [0, 0.05) is 56.9 Å². The van der Waals surface area contributed by atoms with E-state index < -0.39 is 30.9 Å². The van der Waals surface area contributed by atoms with Crippen LogP contribution in [0.25, 0.3) is 11.0 Å². The molecule has 1 unspecified atom stereocenters. The summed E-state index contributed by atoms with van der Waals surface area (Å²) in [6.45, 7) is 13.8. The van der Waals surface area contributed by atoms with E-state index in [0.717, 1.165) is 18.2 Å². The molecule has 0 radical (unpaired) electrons. The first-order valence-corrected chi connectivity index (χ1v) is 17.9. The third-order valence-corrected chi connectivity index (χ3v) is 8.43.